The largest absolute Gasteiger partial charge is 0.436 e. The Hall–Kier alpha value is 0.01000. The quantitative estimate of drug-likeness (QED) is 0.114. The van der Waals surface area contributed by atoms with Crippen LogP contribution in [0.2, 0.25) is 0 Å². The molecule has 8 heteroatoms. The fourth-order valence-corrected chi connectivity index (χ4v) is 3.08. The molecule has 1 aliphatic rings. The van der Waals surface area contributed by atoms with Crippen molar-refractivity contribution < 1.29 is 28.8 Å². The lowest BCUT2D eigenvalue weighted by Gasteiger charge is -2.29. The number of hydrogen-bond acceptors (Lipinski definition) is 8. The maximum Gasteiger partial charge on any atom is 0.308 e. The van der Waals surface area contributed by atoms with Crippen molar-refractivity contribution in [3.63, 3.8) is 0 Å². The van der Waals surface area contributed by atoms with Crippen LogP contribution in [0, 0.1) is 11.8 Å². The van der Waals surface area contributed by atoms with Gasteiger partial charge < -0.3 is 14.2 Å². The van der Waals surface area contributed by atoms with Crippen molar-refractivity contribution in [3.05, 3.63) is 0 Å². The van der Waals surface area contributed by atoms with E-state index in [1.807, 2.05) is 6.92 Å². The topological polar surface area (TPSA) is 63.2 Å². The van der Waals surface area contributed by atoms with Crippen molar-refractivity contribution >= 4 is 31.2 Å². The molecular weight excluding hydrogens is 376 g/mol. The van der Waals surface area contributed by atoms with E-state index in [1.165, 1.54) is 0 Å². The fraction of sp³-hybridized carbons (Fsp3) is 0.944. The molecule has 1 rings (SSSR count). The summed E-state index contributed by atoms with van der Waals surface area (Å²) in [6.45, 7) is 5.45. The van der Waals surface area contributed by atoms with Gasteiger partial charge in [0, 0.05) is 5.75 Å². The standard InChI is InChI=1S/C18H34O6S2/c1-14(23-18(19)8-11-26)20-12-16-4-6-17(7-5-16)13-21-15(2)24-22-9-3-10-25/h14-17,25-26H,3-13H2,1-2H3. The van der Waals surface area contributed by atoms with Crippen LogP contribution in [0.4, 0.5) is 0 Å². The number of rotatable bonds is 14. The summed E-state index contributed by atoms with van der Waals surface area (Å²) >= 11 is 8.12. The molecule has 26 heavy (non-hydrogen) atoms. The maximum absolute atomic E-state index is 11.4. The average molecular weight is 411 g/mol. The Balaban J connectivity index is 2.06. The van der Waals surface area contributed by atoms with Gasteiger partial charge in [-0.25, -0.2) is 9.78 Å². The first kappa shape index (κ1) is 24.0. The Kier molecular flexibility index (Phi) is 13.9. The normalized spacial score (nSPS) is 22.8. The van der Waals surface area contributed by atoms with Crippen molar-refractivity contribution in [2.75, 3.05) is 31.3 Å². The second-order valence-electron chi connectivity index (χ2n) is 6.65. The van der Waals surface area contributed by atoms with E-state index in [4.69, 9.17) is 24.0 Å². The molecule has 0 heterocycles. The zero-order valence-corrected chi connectivity index (χ0v) is 17.7. The number of ether oxygens (including phenoxy) is 3. The van der Waals surface area contributed by atoms with E-state index in [-0.39, 0.29) is 12.3 Å². The molecule has 2 unspecified atom stereocenters. The number of carbonyl (C=O) groups excluding carboxylic acids is 1. The van der Waals surface area contributed by atoms with E-state index in [2.05, 4.69) is 25.3 Å². The minimum Gasteiger partial charge on any atom is -0.436 e. The molecule has 154 valence electrons. The Bertz CT molecular complexity index is 364. The van der Waals surface area contributed by atoms with Crippen molar-refractivity contribution in [2.45, 2.75) is 65.0 Å². The van der Waals surface area contributed by atoms with Gasteiger partial charge in [0.15, 0.2) is 12.6 Å². The van der Waals surface area contributed by atoms with Crippen LogP contribution in [0.25, 0.3) is 0 Å². The average Bonchev–Trinajstić information content (AvgIpc) is 2.63. The monoisotopic (exact) mass is 410 g/mol. The fourth-order valence-electron chi connectivity index (χ4n) is 2.77. The summed E-state index contributed by atoms with van der Waals surface area (Å²) in [6, 6.07) is 0. The van der Waals surface area contributed by atoms with E-state index in [1.54, 1.807) is 6.92 Å². The summed E-state index contributed by atoms with van der Waals surface area (Å²) in [7, 11) is 0. The molecule has 0 aromatic rings. The molecule has 0 aromatic carbocycles. The minimum absolute atomic E-state index is 0.265. The van der Waals surface area contributed by atoms with Crippen LogP contribution in [0.15, 0.2) is 0 Å². The van der Waals surface area contributed by atoms with Gasteiger partial charge in [-0.3, -0.25) is 4.79 Å². The number of carbonyl (C=O) groups is 1. The lowest BCUT2D eigenvalue weighted by Crippen LogP contribution is -2.26. The molecule has 0 aliphatic heterocycles. The predicted molar refractivity (Wildman–Crippen MR) is 106 cm³/mol. The molecule has 6 nitrogen and oxygen atoms in total. The van der Waals surface area contributed by atoms with Gasteiger partial charge in [0.25, 0.3) is 0 Å². The third kappa shape index (κ3) is 11.7. The minimum atomic E-state index is -0.496. The highest BCUT2D eigenvalue weighted by molar-refractivity contribution is 7.80. The second-order valence-corrected chi connectivity index (χ2v) is 7.54. The van der Waals surface area contributed by atoms with E-state index in [9.17, 15) is 4.79 Å². The second kappa shape index (κ2) is 15.0. The van der Waals surface area contributed by atoms with Gasteiger partial charge in [-0.15, -0.1) is 0 Å². The summed E-state index contributed by atoms with van der Waals surface area (Å²) < 4.78 is 16.5. The van der Waals surface area contributed by atoms with Crippen LogP contribution in [-0.2, 0) is 28.8 Å². The predicted octanol–water partition coefficient (Wildman–Crippen LogP) is 3.65. The summed E-state index contributed by atoms with van der Waals surface area (Å²) in [5.74, 6) is 2.06. The van der Waals surface area contributed by atoms with Crippen LogP contribution in [0.3, 0.4) is 0 Å². The lowest BCUT2D eigenvalue weighted by molar-refractivity contribution is -0.374. The molecule has 0 aromatic heterocycles. The van der Waals surface area contributed by atoms with Crippen molar-refractivity contribution in [1.29, 1.82) is 0 Å². The number of thiol groups is 2. The highest BCUT2D eigenvalue weighted by Crippen LogP contribution is 2.29. The first-order valence-electron chi connectivity index (χ1n) is 9.47. The van der Waals surface area contributed by atoms with Crippen LogP contribution in [0.5, 0.6) is 0 Å². The Morgan fingerprint density at radius 1 is 0.962 bits per heavy atom. The summed E-state index contributed by atoms with van der Waals surface area (Å²) in [5, 5.41) is 0. The van der Waals surface area contributed by atoms with Crippen LogP contribution in [0.1, 0.15) is 52.4 Å². The summed E-state index contributed by atoms with van der Waals surface area (Å²) in [6.07, 6.45) is 4.72. The zero-order valence-electron chi connectivity index (χ0n) is 15.9. The van der Waals surface area contributed by atoms with Gasteiger partial charge in [0.1, 0.15) is 0 Å². The highest BCUT2D eigenvalue weighted by atomic mass is 32.1. The van der Waals surface area contributed by atoms with Gasteiger partial charge in [0.2, 0.25) is 0 Å². The van der Waals surface area contributed by atoms with Gasteiger partial charge in [-0.1, -0.05) is 0 Å². The molecule has 0 N–H and O–H groups in total. The molecule has 0 saturated heterocycles. The molecule has 2 atom stereocenters. The Labute approximate surface area is 168 Å². The molecule has 0 radical (unpaired) electrons. The molecular formula is C18H34O6S2. The third-order valence-electron chi connectivity index (χ3n) is 4.30. The third-order valence-corrected chi connectivity index (χ3v) is 4.84. The highest BCUT2D eigenvalue weighted by Gasteiger charge is 2.23. The maximum atomic E-state index is 11.4. The Morgan fingerprint density at radius 3 is 2.08 bits per heavy atom. The van der Waals surface area contributed by atoms with Crippen LogP contribution >= 0.6 is 25.3 Å². The van der Waals surface area contributed by atoms with Crippen molar-refractivity contribution in [1.82, 2.24) is 0 Å². The first-order valence-corrected chi connectivity index (χ1v) is 10.7. The first-order chi connectivity index (χ1) is 12.5. The van der Waals surface area contributed by atoms with Gasteiger partial charge in [-0.05, 0) is 63.5 Å². The van der Waals surface area contributed by atoms with E-state index in [0.29, 0.717) is 43.8 Å². The van der Waals surface area contributed by atoms with Crippen LogP contribution in [-0.4, -0.2) is 49.9 Å². The summed E-state index contributed by atoms with van der Waals surface area (Å²) in [4.78, 5) is 21.6. The van der Waals surface area contributed by atoms with E-state index in [0.717, 1.165) is 37.9 Å². The smallest absolute Gasteiger partial charge is 0.308 e. The van der Waals surface area contributed by atoms with Crippen molar-refractivity contribution in [2.24, 2.45) is 11.8 Å². The van der Waals surface area contributed by atoms with Gasteiger partial charge >= 0.3 is 5.97 Å². The number of esters is 1. The van der Waals surface area contributed by atoms with E-state index >= 15 is 0 Å². The molecule has 0 amide bonds. The van der Waals surface area contributed by atoms with Crippen molar-refractivity contribution in [3.8, 4) is 0 Å². The van der Waals surface area contributed by atoms with Gasteiger partial charge in [-0.2, -0.15) is 25.3 Å². The van der Waals surface area contributed by atoms with Gasteiger partial charge in [0.05, 0.1) is 26.2 Å². The molecule has 0 bridgehead atoms. The molecule has 1 aliphatic carbocycles. The SMILES string of the molecule is CC(OCC1CCC(COC(C)OC(=O)CCS)CC1)OOCCCS. The molecule has 0 spiro atoms. The molecule has 1 fully saturated rings. The molecule has 1 saturated carbocycles. The lowest BCUT2D eigenvalue weighted by atomic mass is 9.83. The zero-order chi connectivity index (χ0) is 19.2. The number of hydrogen-bond donors (Lipinski definition) is 2. The van der Waals surface area contributed by atoms with Crippen LogP contribution < -0.4 is 0 Å². The Morgan fingerprint density at radius 2 is 1.54 bits per heavy atom. The summed E-state index contributed by atoms with van der Waals surface area (Å²) in [5.41, 5.74) is 0. The van der Waals surface area contributed by atoms with E-state index < -0.39 is 6.29 Å².